The quantitative estimate of drug-likeness (QED) is 0.629. The molecule has 0 radical (unpaired) electrons. The van der Waals surface area contributed by atoms with Gasteiger partial charge < -0.3 is 0 Å². The van der Waals surface area contributed by atoms with Crippen molar-refractivity contribution >= 4 is 18.2 Å². The Morgan fingerprint density at radius 3 is 2.22 bits per heavy atom. The lowest BCUT2D eigenvalue weighted by molar-refractivity contribution is 0.292. The summed E-state index contributed by atoms with van der Waals surface area (Å²) in [5.74, 6) is 0. The molecule has 2 rings (SSSR count). The minimum absolute atomic E-state index is 0.0782. The van der Waals surface area contributed by atoms with Crippen LogP contribution >= 0.6 is 0 Å². The van der Waals surface area contributed by atoms with Crippen molar-refractivity contribution in [3.63, 3.8) is 0 Å². The average molecular weight is 284 g/mol. The van der Waals surface area contributed by atoms with Gasteiger partial charge in [0.2, 0.25) is 0 Å². The fourth-order valence-electron chi connectivity index (χ4n) is 2.05. The second-order valence-corrected chi connectivity index (χ2v) is 13.4. The van der Waals surface area contributed by atoms with Gasteiger partial charge in [0.1, 0.15) is 0 Å². The molecule has 0 saturated heterocycles. The summed E-state index contributed by atoms with van der Waals surface area (Å²) in [5, 5.41) is 0.0782. The van der Waals surface area contributed by atoms with E-state index in [4.69, 9.17) is 4.18 Å². The SMILES string of the molecule is CC1([Si](C)(C)C)CC1OS(=O)(=O)c1ccccc1. The maximum Gasteiger partial charge on any atom is 0.297 e. The Labute approximate surface area is 110 Å². The van der Waals surface area contributed by atoms with Crippen LogP contribution in [0, 0.1) is 0 Å². The molecule has 3 nitrogen and oxygen atoms in total. The van der Waals surface area contributed by atoms with Crippen LogP contribution in [0.1, 0.15) is 13.3 Å². The van der Waals surface area contributed by atoms with Crippen molar-refractivity contribution in [1.82, 2.24) is 0 Å². The smallest absolute Gasteiger partial charge is 0.263 e. The Hall–Kier alpha value is -0.653. The topological polar surface area (TPSA) is 43.4 Å². The van der Waals surface area contributed by atoms with E-state index in [1.807, 2.05) is 0 Å². The summed E-state index contributed by atoms with van der Waals surface area (Å²) in [6.07, 6.45) is 0.712. The molecule has 2 atom stereocenters. The third-order valence-electron chi connectivity index (χ3n) is 4.15. The monoisotopic (exact) mass is 284 g/mol. The third-order valence-corrected chi connectivity index (χ3v) is 9.44. The summed E-state index contributed by atoms with van der Waals surface area (Å²) < 4.78 is 29.6. The van der Waals surface area contributed by atoms with Gasteiger partial charge in [-0.1, -0.05) is 44.8 Å². The lowest BCUT2D eigenvalue weighted by Crippen LogP contribution is -2.31. The fraction of sp³-hybridized carbons (Fsp3) is 0.538. The van der Waals surface area contributed by atoms with Crippen LogP contribution in [-0.2, 0) is 14.3 Å². The minimum atomic E-state index is -3.61. The van der Waals surface area contributed by atoms with Crippen LogP contribution in [0.15, 0.2) is 35.2 Å². The Morgan fingerprint density at radius 2 is 1.78 bits per heavy atom. The van der Waals surface area contributed by atoms with Crippen molar-refractivity contribution in [2.45, 2.75) is 49.0 Å². The maximum atomic E-state index is 12.1. The van der Waals surface area contributed by atoms with Crippen LogP contribution in [-0.4, -0.2) is 22.6 Å². The molecule has 0 heterocycles. The van der Waals surface area contributed by atoms with Crippen LogP contribution in [0.25, 0.3) is 0 Å². The van der Waals surface area contributed by atoms with Gasteiger partial charge in [0.25, 0.3) is 10.1 Å². The molecule has 1 aromatic rings. The third kappa shape index (κ3) is 2.39. The van der Waals surface area contributed by atoms with Gasteiger partial charge in [-0.25, -0.2) is 0 Å². The Bertz CT molecular complexity index is 533. The van der Waals surface area contributed by atoms with Gasteiger partial charge in [-0.2, -0.15) is 8.42 Å². The molecule has 0 bridgehead atoms. The van der Waals surface area contributed by atoms with Gasteiger partial charge in [-0.15, -0.1) is 0 Å². The molecule has 0 aliphatic heterocycles. The highest BCUT2D eigenvalue weighted by atomic mass is 32.2. The summed E-state index contributed by atoms with van der Waals surface area (Å²) in [5.41, 5.74) is 0. The van der Waals surface area contributed by atoms with Crippen LogP contribution in [0.2, 0.25) is 24.7 Å². The Morgan fingerprint density at radius 1 is 1.22 bits per heavy atom. The summed E-state index contributed by atoms with van der Waals surface area (Å²) >= 11 is 0. The van der Waals surface area contributed by atoms with Crippen molar-refractivity contribution in [1.29, 1.82) is 0 Å². The second kappa shape index (κ2) is 4.18. The summed E-state index contributed by atoms with van der Waals surface area (Å²) in [6, 6.07) is 8.36. The van der Waals surface area contributed by atoms with Gasteiger partial charge in [-0.05, 0) is 23.6 Å². The Balaban J connectivity index is 2.14. The molecule has 0 N–H and O–H groups in total. The molecule has 2 unspecified atom stereocenters. The molecule has 1 saturated carbocycles. The van der Waals surface area contributed by atoms with Crippen molar-refractivity contribution in [3.8, 4) is 0 Å². The number of hydrogen-bond acceptors (Lipinski definition) is 3. The van der Waals surface area contributed by atoms with Crippen LogP contribution < -0.4 is 0 Å². The first kappa shape index (κ1) is 13.8. The Kier molecular flexibility index (Phi) is 3.20. The summed E-state index contributed by atoms with van der Waals surface area (Å²) in [4.78, 5) is 0.245. The van der Waals surface area contributed by atoms with E-state index in [9.17, 15) is 8.42 Å². The zero-order valence-corrected chi connectivity index (χ0v) is 13.1. The molecule has 0 aromatic heterocycles. The summed E-state index contributed by atoms with van der Waals surface area (Å²) in [6.45, 7) is 8.91. The largest absolute Gasteiger partial charge is 0.297 e. The van der Waals surface area contributed by atoms with Gasteiger partial charge in [0.15, 0.2) is 0 Å². The van der Waals surface area contributed by atoms with Crippen LogP contribution in [0.5, 0.6) is 0 Å². The minimum Gasteiger partial charge on any atom is -0.263 e. The molecule has 5 heteroatoms. The van der Waals surface area contributed by atoms with Crippen LogP contribution in [0.3, 0.4) is 0 Å². The normalized spacial score (nSPS) is 28.1. The van der Waals surface area contributed by atoms with Crippen molar-refractivity contribution in [3.05, 3.63) is 30.3 Å². The first-order valence-corrected chi connectivity index (χ1v) is 11.1. The molecule has 1 fully saturated rings. The molecule has 1 aromatic carbocycles. The molecular weight excluding hydrogens is 264 g/mol. The van der Waals surface area contributed by atoms with Gasteiger partial charge >= 0.3 is 0 Å². The van der Waals surface area contributed by atoms with Crippen LogP contribution in [0.4, 0.5) is 0 Å². The lowest BCUT2D eigenvalue weighted by Gasteiger charge is -2.25. The first-order valence-electron chi connectivity index (χ1n) is 6.15. The fourth-order valence-corrected chi connectivity index (χ4v) is 5.15. The van der Waals surface area contributed by atoms with Crippen molar-refractivity contribution in [2.75, 3.05) is 0 Å². The molecule has 1 aliphatic rings. The van der Waals surface area contributed by atoms with E-state index in [0.717, 1.165) is 6.42 Å². The molecule has 0 spiro atoms. The van der Waals surface area contributed by atoms with Gasteiger partial charge in [-0.3, -0.25) is 4.18 Å². The van der Waals surface area contributed by atoms with E-state index >= 15 is 0 Å². The zero-order chi connectivity index (χ0) is 13.6. The van der Waals surface area contributed by atoms with Gasteiger partial charge in [0, 0.05) is 0 Å². The van der Waals surface area contributed by atoms with E-state index in [0.29, 0.717) is 0 Å². The first-order chi connectivity index (χ1) is 8.17. The van der Waals surface area contributed by atoms with E-state index in [1.165, 1.54) is 0 Å². The highest BCUT2D eigenvalue weighted by Crippen LogP contribution is 2.62. The maximum absolute atomic E-state index is 12.1. The van der Waals surface area contributed by atoms with E-state index in [1.54, 1.807) is 30.3 Å². The molecule has 0 amide bonds. The van der Waals surface area contributed by atoms with Gasteiger partial charge in [0.05, 0.1) is 19.1 Å². The predicted octanol–water partition coefficient (Wildman–Crippen LogP) is 3.26. The van der Waals surface area contributed by atoms with E-state index in [2.05, 4.69) is 26.6 Å². The number of benzene rings is 1. The highest BCUT2D eigenvalue weighted by Gasteiger charge is 2.60. The average Bonchev–Trinajstić information content (AvgIpc) is 2.90. The lowest BCUT2D eigenvalue weighted by atomic mass is 10.4. The zero-order valence-electron chi connectivity index (χ0n) is 11.3. The molecule has 18 heavy (non-hydrogen) atoms. The predicted molar refractivity (Wildman–Crippen MR) is 74.8 cm³/mol. The highest BCUT2D eigenvalue weighted by molar-refractivity contribution is 7.86. The van der Waals surface area contributed by atoms with E-state index < -0.39 is 18.2 Å². The second-order valence-electron chi connectivity index (χ2n) is 6.22. The standard InChI is InChI=1S/C13H20O3SSi/c1-13(18(2,3)4)10-12(13)16-17(14,15)11-8-6-5-7-9-11/h5-9,12H,10H2,1-4H3. The van der Waals surface area contributed by atoms with Crippen molar-refractivity contribution < 1.29 is 12.6 Å². The van der Waals surface area contributed by atoms with Crippen molar-refractivity contribution in [2.24, 2.45) is 0 Å². The summed E-state index contributed by atoms with van der Waals surface area (Å²) in [7, 11) is -5.01. The molecule has 1 aliphatic carbocycles. The number of rotatable bonds is 4. The molecular formula is C13H20O3SSi. The number of hydrogen-bond donors (Lipinski definition) is 0. The van der Waals surface area contributed by atoms with E-state index in [-0.39, 0.29) is 16.0 Å². The molecule has 100 valence electrons.